The predicted molar refractivity (Wildman–Crippen MR) is 83.4 cm³/mol. The standard InChI is InChI=1S/C14H18BrN3O3/c1-16-9-10-4-6-17(7-5-10)14(19)12-3-2-11(18(20)21)8-13(12)15/h2-3,8,10,16H,4-7,9H2,1H3. The fourth-order valence-corrected chi connectivity index (χ4v) is 3.13. The molecule has 0 unspecified atom stereocenters. The van der Waals surface area contributed by atoms with Crippen molar-refractivity contribution in [1.29, 1.82) is 0 Å². The van der Waals surface area contributed by atoms with Crippen molar-refractivity contribution in [3.8, 4) is 0 Å². The van der Waals surface area contributed by atoms with E-state index < -0.39 is 4.92 Å². The molecule has 0 saturated carbocycles. The first-order valence-corrected chi connectivity index (χ1v) is 7.70. The summed E-state index contributed by atoms with van der Waals surface area (Å²) in [6.45, 7) is 2.44. The van der Waals surface area contributed by atoms with Crippen molar-refractivity contribution in [1.82, 2.24) is 10.2 Å². The van der Waals surface area contributed by atoms with E-state index in [0.29, 0.717) is 16.0 Å². The summed E-state index contributed by atoms with van der Waals surface area (Å²) in [4.78, 5) is 24.5. The van der Waals surface area contributed by atoms with Gasteiger partial charge >= 0.3 is 0 Å². The van der Waals surface area contributed by atoms with Gasteiger partial charge in [-0.15, -0.1) is 0 Å². The van der Waals surface area contributed by atoms with Gasteiger partial charge in [0, 0.05) is 29.7 Å². The Balaban J connectivity index is 2.06. The monoisotopic (exact) mass is 355 g/mol. The van der Waals surface area contributed by atoms with Gasteiger partial charge < -0.3 is 10.2 Å². The average Bonchev–Trinajstić information content (AvgIpc) is 2.47. The molecule has 1 saturated heterocycles. The van der Waals surface area contributed by atoms with Crippen LogP contribution in [0.25, 0.3) is 0 Å². The number of nitrogens with zero attached hydrogens (tertiary/aromatic N) is 2. The fourth-order valence-electron chi connectivity index (χ4n) is 2.59. The molecule has 1 amide bonds. The van der Waals surface area contributed by atoms with Gasteiger partial charge in [0.2, 0.25) is 0 Å². The fraction of sp³-hybridized carbons (Fsp3) is 0.500. The first kappa shape index (κ1) is 15.9. The van der Waals surface area contributed by atoms with E-state index in [0.717, 1.165) is 32.5 Å². The van der Waals surface area contributed by atoms with Crippen LogP contribution in [0, 0.1) is 16.0 Å². The van der Waals surface area contributed by atoms with E-state index in [1.54, 1.807) is 0 Å². The van der Waals surface area contributed by atoms with Gasteiger partial charge in [-0.3, -0.25) is 14.9 Å². The van der Waals surface area contributed by atoms with Crippen molar-refractivity contribution in [2.75, 3.05) is 26.7 Å². The third-order valence-electron chi connectivity index (χ3n) is 3.79. The van der Waals surface area contributed by atoms with Crippen LogP contribution in [0.2, 0.25) is 0 Å². The van der Waals surface area contributed by atoms with E-state index in [1.807, 2.05) is 11.9 Å². The van der Waals surface area contributed by atoms with Crippen molar-refractivity contribution in [3.05, 3.63) is 38.3 Å². The molecule has 7 heteroatoms. The number of carbonyl (C=O) groups is 1. The van der Waals surface area contributed by atoms with Gasteiger partial charge in [-0.25, -0.2) is 0 Å². The molecular formula is C14H18BrN3O3. The van der Waals surface area contributed by atoms with E-state index in [1.165, 1.54) is 18.2 Å². The number of rotatable bonds is 4. The molecule has 0 radical (unpaired) electrons. The molecule has 1 heterocycles. The van der Waals surface area contributed by atoms with E-state index in [-0.39, 0.29) is 11.6 Å². The number of halogens is 1. The summed E-state index contributed by atoms with van der Waals surface area (Å²) < 4.78 is 0.471. The Morgan fingerprint density at radius 3 is 2.67 bits per heavy atom. The highest BCUT2D eigenvalue weighted by Crippen LogP contribution is 2.26. The van der Waals surface area contributed by atoms with Gasteiger partial charge in [-0.2, -0.15) is 0 Å². The molecule has 0 aromatic heterocycles. The highest BCUT2D eigenvalue weighted by atomic mass is 79.9. The maximum absolute atomic E-state index is 12.5. The van der Waals surface area contributed by atoms with Crippen molar-refractivity contribution >= 4 is 27.5 Å². The Morgan fingerprint density at radius 1 is 1.48 bits per heavy atom. The summed E-state index contributed by atoms with van der Waals surface area (Å²) in [6, 6.07) is 4.26. The SMILES string of the molecule is CNCC1CCN(C(=O)c2ccc([N+](=O)[O-])cc2Br)CC1. The van der Waals surface area contributed by atoms with Gasteiger partial charge in [-0.1, -0.05) is 0 Å². The van der Waals surface area contributed by atoms with Crippen LogP contribution in [0.5, 0.6) is 0 Å². The summed E-state index contributed by atoms with van der Waals surface area (Å²) in [6.07, 6.45) is 1.97. The Morgan fingerprint density at radius 2 is 2.14 bits per heavy atom. The zero-order valence-corrected chi connectivity index (χ0v) is 13.4. The number of nitro benzene ring substituents is 1. The van der Waals surface area contributed by atoms with Crippen molar-refractivity contribution in [2.24, 2.45) is 5.92 Å². The maximum atomic E-state index is 12.5. The van der Waals surface area contributed by atoms with Crippen molar-refractivity contribution < 1.29 is 9.72 Å². The summed E-state index contributed by atoms with van der Waals surface area (Å²) in [5.41, 5.74) is 0.457. The van der Waals surface area contributed by atoms with Crippen LogP contribution in [0.3, 0.4) is 0 Å². The third kappa shape index (κ3) is 3.79. The Bertz CT molecular complexity index is 542. The minimum Gasteiger partial charge on any atom is -0.339 e. The molecule has 2 rings (SSSR count). The van der Waals surface area contributed by atoms with Gasteiger partial charge in [0.05, 0.1) is 10.5 Å². The largest absolute Gasteiger partial charge is 0.339 e. The first-order chi connectivity index (χ1) is 10.0. The molecule has 114 valence electrons. The number of benzene rings is 1. The minimum absolute atomic E-state index is 0.0221. The Kier molecular flexibility index (Phi) is 5.30. The van der Waals surface area contributed by atoms with Crippen LogP contribution >= 0.6 is 15.9 Å². The predicted octanol–water partition coefficient (Wildman–Crippen LogP) is 2.43. The van der Waals surface area contributed by atoms with E-state index in [9.17, 15) is 14.9 Å². The lowest BCUT2D eigenvalue weighted by Crippen LogP contribution is -2.40. The van der Waals surface area contributed by atoms with E-state index >= 15 is 0 Å². The van der Waals surface area contributed by atoms with E-state index in [4.69, 9.17) is 0 Å². The molecule has 6 nitrogen and oxygen atoms in total. The van der Waals surface area contributed by atoms with Gasteiger partial charge in [0.25, 0.3) is 11.6 Å². The second kappa shape index (κ2) is 7.00. The van der Waals surface area contributed by atoms with Crippen LogP contribution < -0.4 is 5.32 Å². The number of amides is 1. The normalized spacial score (nSPS) is 16.0. The molecule has 1 aliphatic heterocycles. The second-order valence-electron chi connectivity index (χ2n) is 5.21. The number of hydrogen-bond donors (Lipinski definition) is 1. The Labute approximate surface area is 131 Å². The van der Waals surface area contributed by atoms with Crippen LogP contribution in [0.4, 0.5) is 5.69 Å². The molecule has 1 aliphatic rings. The van der Waals surface area contributed by atoms with Crippen LogP contribution in [-0.4, -0.2) is 42.4 Å². The summed E-state index contributed by atoms with van der Waals surface area (Å²) in [5.74, 6) is 0.541. The van der Waals surface area contributed by atoms with Crippen LogP contribution in [0.15, 0.2) is 22.7 Å². The number of hydrogen-bond acceptors (Lipinski definition) is 4. The van der Waals surface area contributed by atoms with Gasteiger partial charge in [0.15, 0.2) is 0 Å². The molecule has 21 heavy (non-hydrogen) atoms. The van der Waals surface area contributed by atoms with Gasteiger partial charge in [-0.05, 0) is 54.3 Å². The first-order valence-electron chi connectivity index (χ1n) is 6.90. The number of nitro groups is 1. The molecule has 1 aromatic rings. The lowest BCUT2D eigenvalue weighted by molar-refractivity contribution is -0.384. The minimum atomic E-state index is -0.470. The second-order valence-corrected chi connectivity index (χ2v) is 6.07. The summed E-state index contributed by atoms with van der Waals surface area (Å²) in [7, 11) is 1.94. The summed E-state index contributed by atoms with van der Waals surface area (Å²) >= 11 is 3.26. The number of piperidine rings is 1. The number of likely N-dealkylation sites (tertiary alicyclic amines) is 1. The average molecular weight is 356 g/mol. The molecule has 0 spiro atoms. The molecule has 0 atom stereocenters. The number of non-ortho nitro benzene ring substituents is 1. The van der Waals surface area contributed by atoms with E-state index in [2.05, 4.69) is 21.2 Å². The number of carbonyl (C=O) groups excluding carboxylic acids is 1. The highest BCUT2D eigenvalue weighted by molar-refractivity contribution is 9.10. The van der Waals surface area contributed by atoms with Crippen LogP contribution in [0.1, 0.15) is 23.2 Å². The quantitative estimate of drug-likeness (QED) is 0.664. The maximum Gasteiger partial charge on any atom is 0.270 e. The molecule has 1 aromatic carbocycles. The lowest BCUT2D eigenvalue weighted by Gasteiger charge is -2.32. The third-order valence-corrected chi connectivity index (χ3v) is 4.44. The molecule has 1 fully saturated rings. The zero-order chi connectivity index (χ0) is 15.4. The molecule has 0 bridgehead atoms. The zero-order valence-electron chi connectivity index (χ0n) is 11.8. The number of nitrogens with one attached hydrogen (secondary N) is 1. The lowest BCUT2D eigenvalue weighted by atomic mass is 9.96. The van der Waals surface area contributed by atoms with Crippen molar-refractivity contribution in [2.45, 2.75) is 12.8 Å². The molecule has 1 N–H and O–H groups in total. The molecule has 0 aliphatic carbocycles. The highest BCUT2D eigenvalue weighted by Gasteiger charge is 2.25. The molecular weight excluding hydrogens is 338 g/mol. The van der Waals surface area contributed by atoms with Crippen molar-refractivity contribution in [3.63, 3.8) is 0 Å². The Hall–Kier alpha value is -1.47. The topological polar surface area (TPSA) is 75.5 Å². The van der Waals surface area contributed by atoms with Crippen LogP contribution in [-0.2, 0) is 0 Å². The smallest absolute Gasteiger partial charge is 0.270 e. The van der Waals surface area contributed by atoms with Gasteiger partial charge in [0.1, 0.15) is 0 Å². The summed E-state index contributed by atoms with van der Waals surface area (Å²) in [5, 5.41) is 13.9.